The average molecular weight is 354 g/mol. The van der Waals surface area contributed by atoms with Crippen LogP contribution in [0.3, 0.4) is 0 Å². The average Bonchev–Trinajstić information content (AvgIpc) is 3.46. The fourth-order valence-corrected chi connectivity index (χ4v) is 2.82. The van der Waals surface area contributed by atoms with Crippen molar-refractivity contribution in [2.45, 2.75) is 32.7 Å². The zero-order valence-corrected chi connectivity index (χ0v) is 15.0. The zero-order chi connectivity index (χ0) is 18.7. The van der Waals surface area contributed by atoms with Crippen molar-refractivity contribution in [2.75, 3.05) is 5.32 Å². The second-order valence-corrected chi connectivity index (χ2v) is 7.09. The zero-order valence-electron chi connectivity index (χ0n) is 15.0. The van der Waals surface area contributed by atoms with Gasteiger partial charge in [-0.25, -0.2) is 4.39 Å². The third-order valence-electron chi connectivity index (χ3n) is 4.55. The third-order valence-corrected chi connectivity index (χ3v) is 4.55. The predicted octanol–water partition coefficient (Wildman–Crippen LogP) is 4.30. The summed E-state index contributed by atoms with van der Waals surface area (Å²) in [5, 5.41) is 5.86. The molecular weight excluding hydrogens is 331 g/mol. The van der Waals surface area contributed by atoms with Gasteiger partial charge in [0.15, 0.2) is 0 Å². The highest BCUT2D eigenvalue weighted by Crippen LogP contribution is 2.30. The lowest BCUT2D eigenvalue weighted by Crippen LogP contribution is -2.31. The normalized spacial score (nSPS) is 14.8. The van der Waals surface area contributed by atoms with Crippen molar-refractivity contribution in [3.8, 4) is 0 Å². The minimum atomic E-state index is -0.300. The fraction of sp³-hybridized carbons (Fsp3) is 0.333. The Bertz CT molecular complexity index is 781. The van der Waals surface area contributed by atoms with E-state index in [1.54, 1.807) is 36.4 Å². The molecule has 0 bridgehead atoms. The molecule has 3 rings (SSSR count). The molecule has 26 heavy (non-hydrogen) atoms. The lowest BCUT2D eigenvalue weighted by Gasteiger charge is -2.23. The molecule has 1 aliphatic carbocycles. The SMILES string of the molecule is CC(C)C(NC(=O)c1ccc(NC(=O)C2CC2)cc1)c1ccc(F)cc1. The van der Waals surface area contributed by atoms with E-state index >= 15 is 0 Å². The number of halogens is 1. The van der Waals surface area contributed by atoms with Gasteiger partial charge in [0.2, 0.25) is 5.91 Å². The number of benzene rings is 2. The van der Waals surface area contributed by atoms with Gasteiger partial charge >= 0.3 is 0 Å². The van der Waals surface area contributed by atoms with Crippen molar-refractivity contribution in [3.05, 3.63) is 65.5 Å². The number of anilines is 1. The van der Waals surface area contributed by atoms with E-state index < -0.39 is 0 Å². The Hall–Kier alpha value is -2.69. The number of carbonyl (C=O) groups is 2. The van der Waals surface area contributed by atoms with Gasteiger partial charge in [0, 0.05) is 17.2 Å². The minimum Gasteiger partial charge on any atom is -0.345 e. The number of hydrogen-bond donors (Lipinski definition) is 2. The Morgan fingerprint density at radius 2 is 1.62 bits per heavy atom. The molecule has 1 fully saturated rings. The van der Waals surface area contributed by atoms with Gasteiger partial charge in [-0.15, -0.1) is 0 Å². The molecular formula is C21H23FN2O2. The molecule has 0 radical (unpaired) electrons. The lowest BCUT2D eigenvalue weighted by molar-refractivity contribution is -0.117. The number of hydrogen-bond acceptors (Lipinski definition) is 2. The number of rotatable bonds is 6. The van der Waals surface area contributed by atoms with Crippen molar-refractivity contribution < 1.29 is 14.0 Å². The molecule has 2 amide bonds. The second kappa shape index (κ2) is 7.68. The summed E-state index contributed by atoms with van der Waals surface area (Å²) in [6.45, 7) is 4.01. The van der Waals surface area contributed by atoms with E-state index in [4.69, 9.17) is 0 Å². The Balaban J connectivity index is 1.67. The Morgan fingerprint density at radius 3 is 2.15 bits per heavy atom. The first kappa shape index (κ1) is 18.1. The molecule has 0 spiro atoms. The van der Waals surface area contributed by atoms with E-state index in [0.717, 1.165) is 18.4 Å². The minimum absolute atomic E-state index is 0.0402. The van der Waals surface area contributed by atoms with Crippen LogP contribution in [0, 0.1) is 17.7 Å². The summed E-state index contributed by atoms with van der Waals surface area (Å²) in [6.07, 6.45) is 1.90. The van der Waals surface area contributed by atoms with E-state index in [2.05, 4.69) is 10.6 Å². The van der Waals surface area contributed by atoms with Gasteiger partial charge in [-0.2, -0.15) is 0 Å². The van der Waals surface area contributed by atoms with Crippen LogP contribution >= 0.6 is 0 Å². The molecule has 0 saturated heterocycles. The first-order valence-electron chi connectivity index (χ1n) is 8.91. The van der Waals surface area contributed by atoms with Crippen molar-refractivity contribution in [3.63, 3.8) is 0 Å². The molecule has 136 valence electrons. The van der Waals surface area contributed by atoms with E-state index in [1.165, 1.54) is 12.1 Å². The summed E-state index contributed by atoms with van der Waals surface area (Å²) in [5.41, 5.74) is 2.07. The van der Waals surface area contributed by atoms with Crippen molar-refractivity contribution >= 4 is 17.5 Å². The van der Waals surface area contributed by atoms with Crippen LogP contribution in [0.5, 0.6) is 0 Å². The van der Waals surface area contributed by atoms with Gasteiger partial charge in [0.25, 0.3) is 5.91 Å². The van der Waals surface area contributed by atoms with E-state index in [-0.39, 0.29) is 35.5 Å². The van der Waals surface area contributed by atoms with Gasteiger partial charge in [-0.05, 0) is 60.7 Å². The van der Waals surface area contributed by atoms with Gasteiger partial charge in [-0.3, -0.25) is 9.59 Å². The summed E-state index contributed by atoms with van der Waals surface area (Å²) in [6, 6.07) is 12.8. The third kappa shape index (κ3) is 4.48. The molecule has 2 aromatic rings. The molecule has 2 aromatic carbocycles. The smallest absolute Gasteiger partial charge is 0.251 e. The van der Waals surface area contributed by atoms with Gasteiger partial charge in [0.1, 0.15) is 5.82 Å². The highest BCUT2D eigenvalue weighted by Gasteiger charge is 2.29. The quantitative estimate of drug-likeness (QED) is 0.812. The molecule has 1 aliphatic rings. The number of amides is 2. The van der Waals surface area contributed by atoms with Crippen LogP contribution in [0.1, 0.15) is 48.7 Å². The molecule has 1 atom stereocenters. The summed E-state index contributed by atoms with van der Waals surface area (Å²) in [5.74, 6) is -0.167. The number of nitrogens with one attached hydrogen (secondary N) is 2. The first-order valence-corrected chi connectivity index (χ1v) is 8.91. The number of carbonyl (C=O) groups excluding carboxylic acids is 2. The van der Waals surface area contributed by atoms with Crippen LogP contribution in [-0.2, 0) is 4.79 Å². The highest BCUT2D eigenvalue weighted by molar-refractivity contribution is 5.97. The van der Waals surface area contributed by atoms with Crippen LogP contribution in [-0.4, -0.2) is 11.8 Å². The summed E-state index contributed by atoms with van der Waals surface area (Å²) >= 11 is 0. The van der Waals surface area contributed by atoms with Crippen LogP contribution < -0.4 is 10.6 Å². The molecule has 0 aliphatic heterocycles. The molecule has 1 unspecified atom stereocenters. The monoisotopic (exact) mass is 354 g/mol. The van der Waals surface area contributed by atoms with Gasteiger partial charge < -0.3 is 10.6 Å². The maximum Gasteiger partial charge on any atom is 0.251 e. The van der Waals surface area contributed by atoms with E-state index in [0.29, 0.717) is 11.3 Å². The maximum atomic E-state index is 13.1. The van der Waals surface area contributed by atoms with Crippen molar-refractivity contribution in [2.24, 2.45) is 11.8 Å². The molecule has 0 heterocycles. The second-order valence-electron chi connectivity index (χ2n) is 7.09. The Kier molecular flexibility index (Phi) is 5.35. The fourth-order valence-electron chi connectivity index (χ4n) is 2.82. The summed E-state index contributed by atoms with van der Waals surface area (Å²) < 4.78 is 13.1. The summed E-state index contributed by atoms with van der Waals surface area (Å²) in [4.78, 5) is 24.4. The van der Waals surface area contributed by atoms with Gasteiger partial charge in [-0.1, -0.05) is 26.0 Å². The molecule has 2 N–H and O–H groups in total. The topological polar surface area (TPSA) is 58.2 Å². The Morgan fingerprint density at radius 1 is 1.00 bits per heavy atom. The highest BCUT2D eigenvalue weighted by atomic mass is 19.1. The van der Waals surface area contributed by atoms with E-state index in [9.17, 15) is 14.0 Å². The summed E-state index contributed by atoms with van der Waals surface area (Å²) in [7, 11) is 0. The largest absolute Gasteiger partial charge is 0.345 e. The van der Waals surface area contributed by atoms with Crippen LogP contribution in [0.15, 0.2) is 48.5 Å². The standard InChI is InChI=1S/C21H23FN2O2/c1-13(2)19(14-5-9-17(22)10-6-14)24-21(26)16-7-11-18(12-8-16)23-20(25)15-3-4-15/h5-13,15,19H,3-4H2,1-2H3,(H,23,25)(H,24,26). The molecule has 0 aromatic heterocycles. The predicted molar refractivity (Wildman–Crippen MR) is 99.2 cm³/mol. The first-order chi connectivity index (χ1) is 12.4. The van der Waals surface area contributed by atoms with Gasteiger partial charge in [0.05, 0.1) is 6.04 Å². The molecule has 1 saturated carbocycles. The van der Waals surface area contributed by atoms with Crippen molar-refractivity contribution in [1.29, 1.82) is 0 Å². The van der Waals surface area contributed by atoms with Crippen LogP contribution in [0.4, 0.5) is 10.1 Å². The lowest BCUT2D eigenvalue weighted by atomic mass is 9.95. The van der Waals surface area contributed by atoms with Crippen LogP contribution in [0.2, 0.25) is 0 Å². The van der Waals surface area contributed by atoms with Crippen molar-refractivity contribution in [1.82, 2.24) is 5.32 Å². The molecule has 4 nitrogen and oxygen atoms in total. The maximum absolute atomic E-state index is 13.1. The van der Waals surface area contributed by atoms with E-state index in [1.807, 2.05) is 13.8 Å². The van der Waals surface area contributed by atoms with Crippen LogP contribution in [0.25, 0.3) is 0 Å². The Labute approximate surface area is 152 Å². The molecule has 5 heteroatoms.